The highest BCUT2D eigenvalue weighted by Gasteiger charge is 2.47. The van der Waals surface area contributed by atoms with Crippen molar-refractivity contribution in [2.24, 2.45) is 0 Å². The zero-order chi connectivity index (χ0) is 24.9. The Labute approximate surface area is 201 Å². The molecule has 2 N–H and O–H groups in total. The summed E-state index contributed by atoms with van der Waals surface area (Å²) in [5, 5.41) is 18.7. The molecule has 0 spiro atoms. The van der Waals surface area contributed by atoms with Crippen LogP contribution in [0.4, 0.5) is 10.6 Å². The fraction of sp³-hybridized carbons (Fsp3) is 0.682. The Morgan fingerprint density at radius 1 is 1.33 bits per heavy atom. The number of aliphatic hydroxyl groups excluding tert-OH is 1. The summed E-state index contributed by atoms with van der Waals surface area (Å²) in [4.78, 5) is 18.2. The Bertz CT molecular complexity index is 1030. The van der Waals surface area contributed by atoms with E-state index >= 15 is 0 Å². The molecule has 0 saturated heterocycles. The standard InChI is InChI=1S/C22H36ClN5O4Si/c1-21(2,3)31-20(30)27(7)17-11-16(23)26-18-13(12-24-28(17)18)19(29)25-14-10-15(14)32-33(8,9)22(4,5)6/h11-12,14-15,19,25,29H,10H2,1-9H3. The van der Waals surface area contributed by atoms with Crippen LogP contribution in [-0.4, -0.2) is 58.9 Å². The number of hydrogen-bond donors (Lipinski definition) is 2. The van der Waals surface area contributed by atoms with Gasteiger partial charge >= 0.3 is 6.09 Å². The first-order valence-corrected chi connectivity index (χ1v) is 14.4. The summed E-state index contributed by atoms with van der Waals surface area (Å²) in [7, 11) is -0.309. The van der Waals surface area contributed by atoms with Crippen LogP contribution in [0.2, 0.25) is 23.3 Å². The molecule has 184 valence electrons. The summed E-state index contributed by atoms with van der Waals surface area (Å²) in [6, 6.07) is 1.58. The molecule has 0 radical (unpaired) electrons. The smallest absolute Gasteiger partial charge is 0.415 e. The molecule has 11 heteroatoms. The van der Waals surface area contributed by atoms with Crippen molar-refractivity contribution in [2.45, 2.75) is 90.1 Å². The third kappa shape index (κ3) is 5.86. The monoisotopic (exact) mass is 497 g/mol. The second kappa shape index (κ2) is 8.81. The molecule has 0 bridgehead atoms. The van der Waals surface area contributed by atoms with Gasteiger partial charge in [-0.25, -0.2) is 9.78 Å². The lowest BCUT2D eigenvalue weighted by molar-refractivity contribution is 0.0587. The topological polar surface area (TPSA) is 101 Å². The highest BCUT2D eigenvalue weighted by atomic mass is 35.5. The number of aromatic nitrogens is 3. The summed E-state index contributed by atoms with van der Waals surface area (Å²) < 4.78 is 13.3. The van der Waals surface area contributed by atoms with Crippen LogP contribution in [0.25, 0.3) is 5.65 Å². The van der Waals surface area contributed by atoms with Gasteiger partial charge in [0.05, 0.1) is 17.9 Å². The van der Waals surface area contributed by atoms with Gasteiger partial charge in [-0.15, -0.1) is 0 Å². The molecule has 1 fully saturated rings. The van der Waals surface area contributed by atoms with E-state index in [1.165, 1.54) is 21.7 Å². The number of rotatable bonds is 6. The lowest BCUT2D eigenvalue weighted by Gasteiger charge is -2.36. The molecule has 0 aliphatic heterocycles. The van der Waals surface area contributed by atoms with Crippen LogP contribution >= 0.6 is 11.6 Å². The molecule has 2 heterocycles. The number of carbonyl (C=O) groups excluding carboxylic acids is 1. The molecule has 1 saturated carbocycles. The van der Waals surface area contributed by atoms with Crippen LogP contribution in [0.15, 0.2) is 12.3 Å². The number of anilines is 1. The number of hydrogen-bond acceptors (Lipinski definition) is 7. The van der Waals surface area contributed by atoms with Gasteiger partial charge in [-0.05, 0) is 45.3 Å². The van der Waals surface area contributed by atoms with Gasteiger partial charge in [0.1, 0.15) is 22.8 Å². The zero-order valence-corrected chi connectivity index (χ0v) is 22.7. The minimum atomic E-state index is -1.88. The van der Waals surface area contributed by atoms with Gasteiger partial charge < -0.3 is 14.3 Å². The van der Waals surface area contributed by atoms with Crippen LogP contribution in [-0.2, 0) is 9.16 Å². The van der Waals surface area contributed by atoms with Gasteiger partial charge in [-0.2, -0.15) is 9.61 Å². The zero-order valence-electron chi connectivity index (χ0n) is 20.9. The van der Waals surface area contributed by atoms with Gasteiger partial charge in [-0.3, -0.25) is 10.2 Å². The van der Waals surface area contributed by atoms with Gasteiger partial charge in [0.2, 0.25) is 0 Å². The molecule has 2 aromatic rings. The van der Waals surface area contributed by atoms with E-state index in [0.717, 1.165) is 6.42 Å². The van der Waals surface area contributed by atoms with E-state index in [-0.39, 0.29) is 22.3 Å². The lowest BCUT2D eigenvalue weighted by Crippen LogP contribution is -2.42. The molecule has 1 amide bonds. The predicted molar refractivity (Wildman–Crippen MR) is 131 cm³/mol. The van der Waals surface area contributed by atoms with Gasteiger partial charge in [0.25, 0.3) is 0 Å². The Morgan fingerprint density at radius 3 is 2.55 bits per heavy atom. The van der Waals surface area contributed by atoms with Crippen LogP contribution in [0.5, 0.6) is 0 Å². The van der Waals surface area contributed by atoms with Crippen LogP contribution < -0.4 is 10.2 Å². The maximum absolute atomic E-state index is 12.6. The molecule has 33 heavy (non-hydrogen) atoms. The number of aliphatic hydroxyl groups is 1. The van der Waals surface area contributed by atoms with E-state index in [0.29, 0.717) is 17.0 Å². The number of nitrogens with one attached hydrogen (secondary N) is 1. The summed E-state index contributed by atoms with van der Waals surface area (Å²) in [5.74, 6) is 0.378. The Kier molecular flexibility index (Phi) is 6.91. The largest absolute Gasteiger partial charge is 0.443 e. The van der Waals surface area contributed by atoms with Crippen molar-refractivity contribution in [1.29, 1.82) is 0 Å². The maximum Gasteiger partial charge on any atom is 0.415 e. The third-order valence-electron chi connectivity index (χ3n) is 6.11. The quantitative estimate of drug-likeness (QED) is 0.344. The average Bonchev–Trinajstić information content (AvgIpc) is 3.20. The number of fused-ring (bicyclic) bond motifs is 1. The highest BCUT2D eigenvalue weighted by molar-refractivity contribution is 6.74. The average molecular weight is 498 g/mol. The van der Waals surface area contributed by atoms with Crippen molar-refractivity contribution in [3.8, 4) is 0 Å². The summed E-state index contributed by atoms with van der Waals surface area (Å²) in [5.41, 5.74) is 0.175. The molecule has 2 aromatic heterocycles. The van der Waals surface area contributed by atoms with Gasteiger partial charge in [-0.1, -0.05) is 32.4 Å². The molecule has 1 aliphatic rings. The summed E-state index contributed by atoms with van der Waals surface area (Å²) in [6.07, 6.45) is 0.877. The minimum absolute atomic E-state index is 0.0483. The molecule has 3 atom stereocenters. The fourth-order valence-corrected chi connectivity index (χ4v) is 4.66. The molecule has 0 aromatic carbocycles. The van der Waals surface area contributed by atoms with Crippen molar-refractivity contribution in [3.63, 3.8) is 0 Å². The second-order valence-corrected chi connectivity index (χ2v) is 16.3. The molecule has 3 unspecified atom stereocenters. The summed E-state index contributed by atoms with van der Waals surface area (Å²) >= 11 is 6.25. The molecule has 3 rings (SSSR count). The van der Waals surface area contributed by atoms with Crippen molar-refractivity contribution in [2.75, 3.05) is 11.9 Å². The van der Waals surface area contributed by atoms with Crippen molar-refractivity contribution in [3.05, 3.63) is 23.0 Å². The Morgan fingerprint density at radius 2 is 1.97 bits per heavy atom. The number of carbonyl (C=O) groups is 1. The molecular weight excluding hydrogens is 462 g/mol. The van der Waals surface area contributed by atoms with Crippen molar-refractivity contribution in [1.82, 2.24) is 19.9 Å². The second-order valence-electron chi connectivity index (χ2n) is 11.1. The lowest BCUT2D eigenvalue weighted by atomic mass is 10.2. The van der Waals surface area contributed by atoms with Gasteiger partial charge in [0, 0.05) is 19.2 Å². The van der Waals surface area contributed by atoms with E-state index in [4.69, 9.17) is 20.8 Å². The summed E-state index contributed by atoms with van der Waals surface area (Å²) in [6.45, 7) is 16.4. The van der Waals surface area contributed by atoms with Crippen molar-refractivity contribution >= 4 is 37.5 Å². The van der Waals surface area contributed by atoms with E-state index in [2.05, 4.69) is 49.3 Å². The third-order valence-corrected chi connectivity index (χ3v) is 10.8. The van der Waals surface area contributed by atoms with Gasteiger partial charge in [0.15, 0.2) is 14.0 Å². The first-order chi connectivity index (χ1) is 15.0. The first kappa shape index (κ1) is 25.9. The Hall–Kier alpha value is -1.72. The molecule has 1 aliphatic carbocycles. The minimum Gasteiger partial charge on any atom is -0.443 e. The Balaban J connectivity index is 1.77. The van der Waals surface area contributed by atoms with Crippen LogP contribution in [0.1, 0.15) is 59.8 Å². The van der Waals surface area contributed by atoms with Crippen LogP contribution in [0, 0.1) is 0 Å². The van der Waals surface area contributed by atoms with E-state index in [1.54, 1.807) is 27.8 Å². The van der Waals surface area contributed by atoms with E-state index in [9.17, 15) is 9.90 Å². The number of halogens is 1. The van der Waals surface area contributed by atoms with Crippen LogP contribution in [0.3, 0.4) is 0 Å². The predicted octanol–water partition coefficient (Wildman–Crippen LogP) is 4.50. The maximum atomic E-state index is 12.6. The number of nitrogens with zero attached hydrogens (tertiary/aromatic N) is 4. The SMILES string of the molecule is CN(C(=O)OC(C)(C)C)c1cc(Cl)nc2c(C(O)NC3CC3O[Si](C)(C)C(C)(C)C)cnn12. The number of ether oxygens (including phenoxy) is 1. The van der Waals surface area contributed by atoms with E-state index < -0.39 is 26.2 Å². The van der Waals surface area contributed by atoms with Crippen molar-refractivity contribution < 1.29 is 19.1 Å². The van der Waals surface area contributed by atoms with E-state index in [1.807, 2.05) is 0 Å². The highest BCUT2D eigenvalue weighted by Crippen LogP contribution is 2.41. The normalized spacial score (nSPS) is 20.1. The molecular formula is C22H36ClN5O4Si. The fourth-order valence-electron chi connectivity index (χ4n) is 3.12. The number of amides is 1. The first-order valence-electron chi connectivity index (χ1n) is 11.1. The molecule has 9 nitrogen and oxygen atoms in total.